The number of nitro groups is 1. The average Bonchev–Trinajstić information content (AvgIpc) is 2.50. The number of non-ortho nitro benzene ring substituents is 1. The number of nitro benzene ring substituents is 1. The molecule has 0 radical (unpaired) electrons. The summed E-state index contributed by atoms with van der Waals surface area (Å²) in [5, 5.41) is 15.9. The number of hydrogen-bond acceptors (Lipinski definition) is 7. The fourth-order valence-electron chi connectivity index (χ4n) is 2.05. The summed E-state index contributed by atoms with van der Waals surface area (Å²) in [4.78, 5) is 29.7. The summed E-state index contributed by atoms with van der Waals surface area (Å²) in [6, 6.07) is 3.17. The van der Waals surface area contributed by atoms with Gasteiger partial charge in [-0.2, -0.15) is 0 Å². The first-order chi connectivity index (χ1) is 11.3. The number of hydrogen-bond donors (Lipinski definition) is 2. The van der Waals surface area contributed by atoms with Crippen molar-refractivity contribution < 1.29 is 18.8 Å². The van der Waals surface area contributed by atoms with E-state index < -0.39 is 16.3 Å². The van der Waals surface area contributed by atoms with Crippen LogP contribution < -0.4 is 15.4 Å². The molecule has 10 heteroatoms. The maximum Gasteiger partial charge on any atom is 0.272 e. The summed E-state index contributed by atoms with van der Waals surface area (Å²) in [6.07, 6.45) is 1.17. The number of carbonyl (C=O) groups excluding carboxylic acids is 1. The molecule has 2 heterocycles. The molecule has 1 aliphatic rings. The van der Waals surface area contributed by atoms with Crippen molar-refractivity contribution in [3.8, 4) is 5.75 Å². The van der Waals surface area contributed by atoms with Crippen molar-refractivity contribution in [2.24, 2.45) is 0 Å². The van der Waals surface area contributed by atoms with E-state index in [-0.39, 0.29) is 34.7 Å². The van der Waals surface area contributed by atoms with Crippen molar-refractivity contribution in [1.29, 1.82) is 0 Å². The van der Waals surface area contributed by atoms with Gasteiger partial charge in [-0.3, -0.25) is 14.9 Å². The zero-order valence-corrected chi connectivity index (χ0v) is 12.7. The molecule has 2 N–H and O–H groups in total. The number of halogens is 1. The van der Waals surface area contributed by atoms with Gasteiger partial charge in [-0.05, 0) is 19.9 Å². The van der Waals surface area contributed by atoms with Crippen LogP contribution in [0.5, 0.6) is 5.75 Å². The number of nitrogens with one attached hydrogen (secondary N) is 2. The summed E-state index contributed by atoms with van der Waals surface area (Å²) < 4.78 is 19.6. The largest absolute Gasteiger partial charge is 0.470 e. The number of ether oxygens (including phenoxy) is 1. The second-order valence-corrected chi connectivity index (χ2v) is 5.51. The molecule has 1 aromatic carbocycles. The van der Waals surface area contributed by atoms with Crippen molar-refractivity contribution in [3.05, 3.63) is 40.5 Å². The van der Waals surface area contributed by atoms with Gasteiger partial charge >= 0.3 is 0 Å². The Morgan fingerprint density at radius 3 is 2.79 bits per heavy atom. The maximum absolute atomic E-state index is 14.0. The van der Waals surface area contributed by atoms with Crippen molar-refractivity contribution in [2.75, 3.05) is 10.6 Å². The van der Waals surface area contributed by atoms with E-state index in [1.54, 1.807) is 13.8 Å². The van der Waals surface area contributed by atoms with Crippen LogP contribution in [-0.4, -0.2) is 26.4 Å². The molecule has 0 fully saturated rings. The van der Waals surface area contributed by atoms with Crippen LogP contribution in [0.1, 0.15) is 13.8 Å². The smallest absolute Gasteiger partial charge is 0.272 e. The third kappa shape index (κ3) is 2.69. The Balaban J connectivity index is 1.97. The van der Waals surface area contributed by atoms with Crippen LogP contribution >= 0.6 is 0 Å². The normalized spacial score (nSPS) is 15.0. The molecule has 0 saturated heterocycles. The summed E-state index contributed by atoms with van der Waals surface area (Å²) in [6.45, 7) is 3.13. The van der Waals surface area contributed by atoms with E-state index in [9.17, 15) is 19.3 Å². The van der Waals surface area contributed by atoms with Gasteiger partial charge in [0.05, 0.1) is 16.7 Å². The van der Waals surface area contributed by atoms with Gasteiger partial charge in [0, 0.05) is 6.07 Å². The van der Waals surface area contributed by atoms with Crippen molar-refractivity contribution >= 4 is 28.9 Å². The number of carbonyl (C=O) groups is 1. The van der Waals surface area contributed by atoms with E-state index in [0.29, 0.717) is 0 Å². The molecule has 9 nitrogen and oxygen atoms in total. The number of rotatable bonds is 3. The highest BCUT2D eigenvalue weighted by Crippen LogP contribution is 2.38. The van der Waals surface area contributed by atoms with Crippen LogP contribution in [0.25, 0.3) is 0 Å². The van der Waals surface area contributed by atoms with Gasteiger partial charge in [0.25, 0.3) is 11.6 Å². The van der Waals surface area contributed by atoms with Crippen LogP contribution in [0.15, 0.2) is 24.5 Å². The highest BCUT2D eigenvalue weighted by Gasteiger charge is 2.37. The van der Waals surface area contributed by atoms with Gasteiger partial charge < -0.3 is 15.4 Å². The van der Waals surface area contributed by atoms with E-state index in [1.165, 1.54) is 12.4 Å². The lowest BCUT2D eigenvalue weighted by molar-refractivity contribution is -0.385. The number of fused-ring (bicyclic) bond motifs is 1. The van der Waals surface area contributed by atoms with E-state index >= 15 is 0 Å². The lowest BCUT2D eigenvalue weighted by atomic mass is 10.1. The first-order valence-electron chi connectivity index (χ1n) is 6.84. The summed E-state index contributed by atoms with van der Waals surface area (Å²) in [5.74, 6) is -0.767. The SMILES string of the molecule is CC1(C)Oc2c(ncnc2Nc2ccc([N+](=O)[O-])cc2F)NC1=O. The molecule has 2 aromatic rings. The van der Waals surface area contributed by atoms with Crippen LogP contribution in [0.2, 0.25) is 0 Å². The van der Waals surface area contributed by atoms with E-state index in [0.717, 1.165) is 12.1 Å². The fourth-order valence-corrected chi connectivity index (χ4v) is 2.05. The minimum atomic E-state index is -1.15. The topological polar surface area (TPSA) is 119 Å². The van der Waals surface area contributed by atoms with Gasteiger partial charge in [-0.25, -0.2) is 14.4 Å². The summed E-state index contributed by atoms with van der Waals surface area (Å²) in [5.41, 5.74) is -1.55. The highest BCUT2D eigenvalue weighted by molar-refractivity contribution is 6.00. The second-order valence-electron chi connectivity index (χ2n) is 5.51. The molecule has 24 heavy (non-hydrogen) atoms. The molecular formula is C14H12FN5O4. The van der Waals surface area contributed by atoms with Crippen LogP contribution in [0.3, 0.4) is 0 Å². The number of anilines is 3. The Bertz CT molecular complexity index is 855. The molecule has 0 bridgehead atoms. The van der Waals surface area contributed by atoms with Gasteiger partial charge in [0.1, 0.15) is 6.33 Å². The average molecular weight is 333 g/mol. The molecule has 1 aliphatic heterocycles. The predicted octanol–water partition coefficient (Wildman–Crippen LogP) is 2.38. The number of amides is 1. The second kappa shape index (κ2) is 5.41. The van der Waals surface area contributed by atoms with Crippen LogP contribution in [0.4, 0.5) is 27.4 Å². The van der Waals surface area contributed by atoms with Crippen molar-refractivity contribution in [1.82, 2.24) is 9.97 Å². The molecular weight excluding hydrogens is 321 g/mol. The Kier molecular flexibility index (Phi) is 3.51. The van der Waals surface area contributed by atoms with Crippen LogP contribution in [-0.2, 0) is 4.79 Å². The zero-order chi connectivity index (χ0) is 17.5. The van der Waals surface area contributed by atoms with Gasteiger partial charge in [-0.1, -0.05) is 0 Å². The first-order valence-corrected chi connectivity index (χ1v) is 6.84. The first kappa shape index (κ1) is 15.6. The Labute approximate surface area is 135 Å². The molecule has 3 rings (SSSR count). The van der Waals surface area contributed by atoms with Crippen LogP contribution in [0, 0.1) is 15.9 Å². The number of aromatic nitrogens is 2. The minimum Gasteiger partial charge on any atom is -0.470 e. The minimum absolute atomic E-state index is 0.0280. The molecule has 0 saturated carbocycles. The Morgan fingerprint density at radius 1 is 1.38 bits per heavy atom. The van der Waals surface area contributed by atoms with Crippen molar-refractivity contribution in [2.45, 2.75) is 19.4 Å². The van der Waals surface area contributed by atoms with Gasteiger partial charge in [0.2, 0.25) is 5.75 Å². The van der Waals surface area contributed by atoms with E-state index in [2.05, 4.69) is 20.6 Å². The van der Waals surface area contributed by atoms with Gasteiger partial charge in [0.15, 0.2) is 23.1 Å². The quantitative estimate of drug-likeness (QED) is 0.653. The monoisotopic (exact) mass is 333 g/mol. The Hall–Kier alpha value is -3.30. The lowest BCUT2D eigenvalue weighted by Gasteiger charge is -2.31. The third-order valence-electron chi connectivity index (χ3n) is 3.36. The Morgan fingerprint density at radius 2 is 2.12 bits per heavy atom. The molecule has 124 valence electrons. The summed E-state index contributed by atoms with van der Waals surface area (Å²) in [7, 11) is 0. The van der Waals surface area contributed by atoms with Gasteiger partial charge in [-0.15, -0.1) is 0 Å². The highest BCUT2D eigenvalue weighted by atomic mass is 19.1. The van der Waals surface area contributed by atoms with E-state index in [1.807, 2.05) is 0 Å². The number of nitrogens with zero attached hydrogens (tertiary/aromatic N) is 3. The predicted molar refractivity (Wildman–Crippen MR) is 81.7 cm³/mol. The summed E-state index contributed by atoms with van der Waals surface area (Å²) >= 11 is 0. The third-order valence-corrected chi connectivity index (χ3v) is 3.36. The zero-order valence-electron chi connectivity index (χ0n) is 12.7. The lowest BCUT2D eigenvalue weighted by Crippen LogP contribution is -2.46. The molecule has 0 spiro atoms. The molecule has 0 aliphatic carbocycles. The molecule has 1 aromatic heterocycles. The molecule has 0 unspecified atom stereocenters. The molecule has 1 amide bonds. The number of benzene rings is 1. The van der Waals surface area contributed by atoms with Crippen molar-refractivity contribution in [3.63, 3.8) is 0 Å². The van der Waals surface area contributed by atoms with E-state index in [4.69, 9.17) is 4.74 Å². The fraction of sp³-hybridized carbons (Fsp3) is 0.214. The molecule has 0 atom stereocenters. The maximum atomic E-state index is 14.0. The standard InChI is InChI=1S/C14H12FN5O4/c1-14(2)13(21)19-12-10(24-14)11(16-6-17-12)18-9-4-3-7(20(22)23)5-8(9)15/h3-6H,1-2H3,(H2,16,17,18,19,21).